The number of likely N-dealkylation sites (N-methyl/N-ethyl adjacent to an activating group) is 1. The van der Waals surface area contributed by atoms with E-state index < -0.39 is 11.6 Å². The second-order valence-corrected chi connectivity index (χ2v) is 5.45. The predicted octanol–water partition coefficient (Wildman–Crippen LogP) is 2.11. The van der Waals surface area contributed by atoms with Gasteiger partial charge in [-0.2, -0.15) is 0 Å². The van der Waals surface area contributed by atoms with E-state index in [4.69, 9.17) is 4.74 Å². The van der Waals surface area contributed by atoms with Crippen LogP contribution in [-0.2, 0) is 9.53 Å². The SMILES string of the molecule is COC(=O)CN(C)C(=O)c1ccccc1OC(C)(C)C. The van der Waals surface area contributed by atoms with Crippen molar-refractivity contribution in [1.29, 1.82) is 0 Å². The number of rotatable bonds is 4. The molecule has 0 radical (unpaired) electrons. The van der Waals surface area contributed by atoms with Crippen LogP contribution in [0, 0.1) is 0 Å². The monoisotopic (exact) mass is 279 g/mol. The van der Waals surface area contributed by atoms with Gasteiger partial charge in [0.25, 0.3) is 5.91 Å². The Labute approximate surface area is 119 Å². The Balaban J connectivity index is 2.95. The third kappa shape index (κ3) is 4.57. The summed E-state index contributed by atoms with van der Waals surface area (Å²) in [5.74, 6) is -0.243. The minimum atomic E-state index is -0.463. The highest BCUT2D eigenvalue weighted by molar-refractivity contribution is 5.98. The van der Waals surface area contributed by atoms with Crippen molar-refractivity contribution in [3.63, 3.8) is 0 Å². The molecule has 0 bridgehead atoms. The molecule has 0 aliphatic carbocycles. The Morgan fingerprint density at radius 2 is 1.80 bits per heavy atom. The lowest BCUT2D eigenvalue weighted by Gasteiger charge is -2.24. The molecule has 20 heavy (non-hydrogen) atoms. The molecule has 5 heteroatoms. The summed E-state index contributed by atoms with van der Waals surface area (Å²) in [7, 11) is 2.84. The quantitative estimate of drug-likeness (QED) is 0.792. The van der Waals surface area contributed by atoms with E-state index >= 15 is 0 Å². The fraction of sp³-hybridized carbons (Fsp3) is 0.467. The van der Waals surface area contributed by atoms with Gasteiger partial charge in [0.05, 0.1) is 12.7 Å². The molecular formula is C15H21NO4. The van der Waals surface area contributed by atoms with Crippen molar-refractivity contribution in [1.82, 2.24) is 4.90 Å². The number of carbonyl (C=O) groups excluding carboxylic acids is 2. The predicted molar refractivity (Wildman–Crippen MR) is 75.8 cm³/mol. The lowest BCUT2D eigenvalue weighted by Crippen LogP contribution is -2.33. The number of amides is 1. The molecule has 0 fully saturated rings. The Morgan fingerprint density at radius 3 is 2.35 bits per heavy atom. The number of hydrogen-bond acceptors (Lipinski definition) is 4. The summed E-state index contributed by atoms with van der Waals surface area (Å²) in [6.45, 7) is 5.63. The van der Waals surface area contributed by atoms with E-state index in [1.54, 1.807) is 31.3 Å². The van der Waals surface area contributed by atoms with Gasteiger partial charge in [0.15, 0.2) is 0 Å². The number of para-hydroxylation sites is 1. The fourth-order valence-electron chi connectivity index (χ4n) is 1.60. The van der Waals surface area contributed by atoms with Crippen LogP contribution in [-0.4, -0.2) is 43.1 Å². The summed E-state index contributed by atoms with van der Waals surface area (Å²) in [6.07, 6.45) is 0. The third-order valence-corrected chi connectivity index (χ3v) is 2.47. The molecule has 110 valence electrons. The van der Waals surface area contributed by atoms with Gasteiger partial charge in [-0.25, -0.2) is 0 Å². The number of esters is 1. The van der Waals surface area contributed by atoms with Crippen molar-refractivity contribution in [3.05, 3.63) is 29.8 Å². The number of nitrogens with zero attached hydrogens (tertiary/aromatic N) is 1. The summed E-state index contributed by atoms with van der Waals surface area (Å²) in [4.78, 5) is 24.9. The van der Waals surface area contributed by atoms with E-state index in [9.17, 15) is 9.59 Å². The van der Waals surface area contributed by atoms with Gasteiger partial charge < -0.3 is 14.4 Å². The molecule has 5 nitrogen and oxygen atoms in total. The van der Waals surface area contributed by atoms with E-state index in [1.165, 1.54) is 12.0 Å². The fourth-order valence-corrected chi connectivity index (χ4v) is 1.60. The van der Waals surface area contributed by atoms with Gasteiger partial charge in [-0.1, -0.05) is 12.1 Å². The highest BCUT2D eigenvalue weighted by atomic mass is 16.5. The Hall–Kier alpha value is -2.04. The normalized spacial score (nSPS) is 10.8. The van der Waals surface area contributed by atoms with Crippen LogP contribution >= 0.6 is 0 Å². The number of carbonyl (C=O) groups is 2. The minimum absolute atomic E-state index is 0.0980. The zero-order valence-electron chi connectivity index (χ0n) is 12.6. The molecule has 0 aliphatic rings. The molecule has 1 aromatic rings. The van der Waals surface area contributed by atoms with Crippen LogP contribution in [0.15, 0.2) is 24.3 Å². The van der Waals surface area contributed by atoms with Gasteiger partial charge in [0, 0.05) is 7.05 Å². The maximum atomic E-state index is 12.3. The van der Waals surface area contributed by atoms with Gasteiger partial charge in [0.1, 0.15) is 17.9 Å². The van der Waals surface area contributed by atoms with E-state index in [0.717, 1.165) is 0 Å². The molecule has 0 spiro atoms. The van der Waals surface area contributed by atoms with Crippen molar-refractivity contribution in [3.8, 4) is 5.75 Å². The number of benzene rings is 1. The first kappa shape index (κ1) is 16.0. The molecule has 0 saturated carbocycles. The Morgan fingerprint density at radius 1 is 1.20 bits per heavy atom. The van der Waals surface area contributed by atoms with Gasteiger partial charge in [-0.15, -0.1) is 0 Å². The van der Waals surface area contributed by atoms with E-state index in [1.807, 2.05) is 20.8 Å². The average Bonchev–Trinajstić information content (AvgIpc) is 2.36. The van der Waals surface area contributed by atoms with Gasteiger partial charge in [0.2, 0.25) is 0 Å². The van der Waals surface area contributed by atoms with E-state index in [0.29, 0.717) is 11.3 Å². The zero-order valence-corrected chi connectivity index (χ0v) is 12.6. The lowest BCUT2D eigenvalue weighted by atomic mass is 10.1. The highest BCUT2D eigenvalue weighted by Gasteiger charge is 2.21. The van der Waals surface area contributed by atoms with Crippen molar-refractivity contribution >= 4 is 11.9 Å². The van der Waals surface area contributed by atoms with E-state index in [2.05, 4.69) is 4.74 Å². The second kappa shape index (κ2) is 6.41. The molecule has 0 aliphatic heterocycles. The molecule has 1 amide bonds. The number of ether oxygens (including phenoxy) is 2. The Bertz CT molecular complexity index is 491. The number of hydrogen-bond donors (Lipinski definition) is 0. The van der Waals surface area contributed by atoms with Crippen LogP contribution in [0.3, 0.4) is 0 Å². The molecule has 1 rings (SSSR count). The summed E-state index contributed by atoms with van der Waals surface area (Å²) < 4.78 is 10.3. The minimum Gasteiger partial charge on any atom is -0.487 e. The molecule has 0 atom stereocenters. The highest BCUT2D eigenvalue weighted by Crippen LogP contribution is 2.24. The molecule has 0 unspecified atom stereocenters. The second-order valence-electron chi connectivity index (χ2n) is 5.45. The first-order valence-electron chi connectivity index (χ1n) is 6.35. The zero-order chi connectivity index (χ0) is 15.3. The first-order chi connectivity index (χ1) is 9.24. The third-order valence-electron chi connectivity index (χ3n) is 2.47. The van der Waals surface area contributed by atoms with Crippen molar-refractivity contribution in [2.75, 3.05) is 20.7 Å². The van der Waals surface area contributed by atoms with Crippen LogP contribution in [0.2, 0.25) is 0 Å². The van der Waals surface area contributed by atoms with E-state index in [-0.39, 0.29) is 12.5 Å². The largest absolute Gasteiger partial charge is 0.487 e. The van der Waals surface area contributed by atoms with Gasteiger partial charge >= 0.3 is 5.97 Å². The van der Waals surface area contributed by atoms with Crippen LogP contribution in [0.5, 0.6) is 5.75 Å². The smallest absolute Gasteiger partial charge is 0.325 e. The maximum absolute atomic E-state index is 12.3. The lowest BCUT2D eigenvalue weighted by molar-refractivity contribution is -0.141. The molecule has 0 N–H and O–H groups in total. The molecule has 0 saturated heterocycles. The summed E-state index contributed by atoms with van der Waals surface area (Å²) in [5, 5.41) is 0. The summed E-state index contributed by atoms with van der Waals surface area (Å²) >= 11 is 0. The topological polar surface area (TPSA) is 55.8 Å². The van der Waals surface area contributed by atoms with Crippen LogP contribution in [0.4, 0.5) is 0 Å². The molecule has 0 heterocycles. The van der Waals surface area contributed by atoms with Crippen molar-refractivity contribution < 1.29 is 19.1 Å². The van der Waals surface area contributed by atoms with Crippen LogP contribution in [0.1, 0.15) is 31.1 Å². The average molecular weight is 279 g/mol. The molecular weight excluding hydrogens is 258 g/mol. The summed E-state index contributed by atoms with van der Waals surface area (Å²) in [5.41, 5.74) is 0.0194. The van der Waals surface area contributed by atoms with Gasteiger partial charge in [-0.05, 0) is 32.9 Å². The van der Waals surface area contributed by atoms with Gasteiger partial charge in [-0.3, -0.25) is 9.59 Å². The van der Waals surface area contributed by atoms with Crippen LogP contribution < -0.4 is 4.74 Å². The van der Waals surface area contributed by atoms with Crippen LogP contribution in [0.25, 0.3) is 0 Å². The Kier molecular flexibility index (Phi) is 5.13. The van der Waals surface area contributed by atoms with Crippen molar-refractivity contribution in [2.24, 2.45) is 0 Å². The summed E-state index contributed by atoms with van der Waals surface area (Å²) in [6, 6.07) is 6.98. The molecule has 0 aromatic heterocycles. The standard InChI is InChI=1S/C15H21NO4/c1-15(2,3)20-12-9-7-6-8-11(12)14(18)16(4)10-13(17)19-5/h6-9H,10H2,1-5H3. The molecule has 1 aromatic carbocycles. The maximum Gasteiger partial charge on any atom is 0.325 e. The first-order valence-corrected chi connectivity index (χ1v) is 6.35. The van der Waals surface area contributed by atoms with Crippen molar-refractivity contribution in [2.45, 2.75) is 26.4 Å². The number of methoxy groups -OCH3 is 1.